The Morgan fingerprint density at radius 2 is 1.83 bits per heavy atom. The predicted octanol–water partition coefficient (Wildman–Crippen LogP) is 1.62. The zero-order valence-corrected chi connectivity index (χ0v) is 14.6. The number of hydrogen-bond acceptors (Lipinski definition) is 6. The van der Waals surface area contributed by atoms with Crippen molar-refractivity contribution in [3.8, 4) is 0 Å². The fourth-order valence-corrected chi connectivity index (χ4v) is 3.62. The molecule has 0 heterocycles. The van der Waals surface area contributed by atoms with Crippen LogP contribution in [-0.2, 0) is 25.7 Å². The van der Waals surface area contributed by atoms with E-state index in [1.54, 1.807) is 20.8 Å². The van der Waals surface area contributed by atoms with Crippen LogP contribution in [0.3, 0.4) is 0 Å². The van der Waals surface area contributed by atoms with E-state index in [-0.39, 0.29) is 22.6 Å². The summed E-state index contributed by atoms with van der Waals surface area (Å²) in [6, 6.07) is 1.17. The maximum Gasteiger partial charge on any atom is 0.336 e. The van der Waals surface area contributed by atoms with Gasteiger partial charge in [0.05, 0.1) is 16.1 Å². The van der Waals surface area contributed by atoms with Crippen molar-refractivity contribution in [2.45, 2.75) is 38.4 Å². The van der Waals surface area contributed by atoms with E-state index in [9.17, 15) is 18.3 Å². The molecule has 0 amide bonds. The second-order valence-corrected chi connectivity index (χ2v) is 7.02. The molecule has 0 atom stereocenters. The Morgan fingerprint density at radius 3 is 2.22 bits per heavy atom. The summed E-state index contributed by atoms with van der Waals surface area (Å²) >= 11 is 0. The third-order valence-corrected chi connectivity index (χ3v) is 4.59. The molecule has 8 heteroatoms. The van der Waals surface area contributed by atoms with Gasteiger partial charge in [0.25, 0.3) is 0 Å². The number of rotatable bonds is 8. The summed E-state index contributed by atoms with van der Waals surface area (Å²) in [6.07, 6.45) is 0.465. The van der Waals surface area contributed by atoms with Crippen LogP contribution in [-0.4, -0.2) is 45.3 Å². The number of aromatic carboxylic acids is 1. The van der Waals surface area contributed by atoms with Crippen LogP contribution in [0.25, 0.3) is 0 Å². The van der Waals surface area contributed by atoms with Gasteiger partial charge in [0.1, 0.15) is 0 Å². The Kier molecular flexibility index (Phi) is 6.55. The molecule has 0 saturated heterocycles. The van der Waals surface area contributed by atoms with Gasteiger partial charge < -0.3 is 20.3 Å². The fraction of sp³-hybridized carbons (Fsp3) is 0.533. The highest BCUT2D eigenvalue weighted by atomic mass is 32.2. The zero-order valence-electron chi connectivity index (χ0n) is 13.8. The van der Waals surface area contributed by atoms with Gasteiger partial charge in [-0.25, -0.2) is 13.2 Å². The molecule has 0 aliphatic rings. The number of hydrogen-bond donors (Lipinski definition) is 2. The van der Waals surface area contributed by atoms with Gasteiger partial charge in [0, 0.05) is 25.9 Å². The number of ether oxygens (including phenoxy) is 2. The van der Waals surface area contributed by atoms with Gasteiger partial charge in [-0.15, -0.1) is 0 Å². The minimum Gasteiger partial charge on any atom is -0.478 e. The highest BCUT2D eigenvalue weighted by Gasteiger charge is 2.26. The molecular formula is C15H23NO6S. The van der Waals surface area contributed by atoms with Gasteiger partial charge in [-0.1, -0.05) is 0 Å². The van der Waals surface area contributed by atoms with Gasteiger partial charge in [-0.2, -0.15) is 0 Å². The van der Waals surface area contributed by atoms with Crippen LogP contribution in [0.5, 0.6) is 0 Å². The number of carbonyl (C=O) groups is 1. The zero-order chi connectivity index (χ0) is 17.8. The van der Waals surface area contributed by atoms with Crippen LogP contribution < -0.4 is 5.73 Å². The van der Waals surface area contributed by atoms with E-state index in [0.29, 0.717) is 24.3 Å². The Bertz CT molecular complexity index is 678. The van der Waals surface area contributed by atoms with Gasteiger partial charge in [-0.05, 0) is 38.0 Å². The summed E-state index contributed by atoms with van der Waals surface area (Å²) < 4.78 is 35.1. The van der Waals surface area contributed by atoms with E-state index < -0.39 is 22.1 Å². The average molecular weight is 345 g/mol. The van der Waals surface area contributed by atoms with Crippen LogP contribution >= 0.6 is 0 Å². The van der Waals surface area contributed by atoms with Crippen molar-refractivity contribution in [1.29, 1.82) is 0 Å². The van der Waals surface area contributed by atoms with Gasteiger partial charge in [-0.3, -0.25) is 0 Å². The second-order valence-electron chi connectivity index (χ2n) is 5.07. The number of nitrogens with two attached hydrogens (primary N) is 1. The standard InChI is InChI=1S/C15H23NO6S/c1-5-21-13(22-6-2)8-10-9(3)11(15(17)18)7-12(16)14(10)23(4,19)20/h7,13H,5-6,8,16H2,1-4H3,(H,17,18). The van der Waals surface area contributed by atoms with Gasteiger partial charge >= 0.3 is 5.97 Å². The highest BCUT2D eigenvalue weighted by Crippen LogP contribution is 2.30. The van der Waals surface area contributed by atoms with Crippen molar-refractivity contribution < 1.29 is 27.8 Å². The molecule has 1 rings (SSSR count). The molecular weight excluding hydrogens is 322 g/mol. The van der Waals surface area contributed by atoms with E-state index in [2.05, 4.69) is 0 Å². The number of carboxylic acids is 1. The summed E-state index contributed by atoms with van der Waals surface area (Å²) in [7, 11) is -3.63. The van der Waals surface area contributed by atoms with Crippen molar-refractivity contribution in [2.75, 3.05) is 25.2 Å². The Morgan fingerprint density at radius 1 is 1.30 bits per heavy atom. The first-order chi connectivity index (χ1) is 10.6. The first kappa shape index (κ1) is 19.4. The van der Waals surface area contributed by atoms with Crippen molar-refractivity contribution >= 4 is 21.5 Å². The number of benzene rings is 1. The molecule has 1 aromatic carbocycles. The van der Waals surface area contributed by atoms with Crippen LogP contribution in [0.1, 0.15) is 35.3 Å². The van der Waals surface area contributed by atoms with E-state index in [1.807, 2.05) is 0 Å². The Labute approximate surface area is 136 Å². The normalized spacial score (nSPS) is 11.9. The summed E-state index contributed by atoms with van der Waals surface area (Å²) in [5.74, 6) is -1.17. The molecule has 3 N–H and O–H groups in total. The van der Waals surface area contributed by atoms with E-state index in [0.717, 1.165) is 6.26 Å². The van der Waals surface area contributed by atoms with Crippen LogP contribution in [0, 0.1) is 6.92 Å². The molecule has 0 aromatic heterocycles. The first-order valence-electron chi connectivity index (χ1n) is 7.21. The summed E-state index contributed by atoms with van der Waals surface area (Å²) in [4.78, 5) is 11.3. The number of carboxylic acid groups (broad SMARTS) is 1. The first-order valence-corrected chi connectivity index (χ1v) is 9.11. The molecule has 130 valence electrons. The number of nitrogen functional groups attached to an aromatic ring is 1. The molecule has 0 aliphatic carbocycles. The molecule has 1 aromatic rings. The SMILES string of the molecule is CCOC(Cc1c(C)c(C(=O)O)cc(N)c1S(C)(=O)=O)OCC. The Hall–Kier alpha value is -1.64. The molecule has 7 nitrogen and oxygen atoms in total. The molecule has 0 radical (unpaired) electrons. The van der Waals surface area contributed by atoms with Crippen LogP contribution in [0.2, 0.25) is 0 Å². The maximum atomic E-state index is 12.1. The molecule has 0 saturated carbocycles. The monoisotopic (exact) mass is 345 g/mol. The molecule has 0 spiro atoms. The highest BCUT2D eigenvalue weighted by molar-refractivity contribution is 7.91. The van der Waals surface area contributed by atoms with Crippen LogP contribution in [0.4, 0.5) is 5.69 Å². The third kappa shape index (κ3) is 4.66. The van der Waals surface area contributed by atoms with Gasteiger partial charge in [0.15, 0.2) is 16.1 Å². The molecule has 0 fully saturated rings. The quantitative estimate of drug-likeness (QED) is 0.543. The lowest BCUT2D eigenvalue weighted by atomic mass is 9.98. The minimum absolute atomic E-state index is 0.0309. The molecule has 0 bridgehead atoms. The summed E-state index contributed by atoms with van der Waals surface area (Å²) in [5, 5.41) is 9.28. The lowest BCUT2D eigenvalue weighted by Crippen LogP contribution is -2.23. The number of sulfone groups is 1. The fourth-order valence-electron chi connectivity index (χ4n) is 2.45. The van der Waals surface area contributed by atoms with E-state index >= 15 is 0 Å². The summed E-state index contributed by atoms with van der Waals surface area (Å²) in [5.41, 5.74) is 6.36. The second kappa shape index (κ2) is 7.76. The smallest absolute Gasteiger partial charge is 0.336 e. The van der Waals surface area contributed by atoms with Crippen molar-refractivity contribution in [3.63, 3.8) is 0 Å². The van der Waals surface area contributed by atoms with E-state index in [4.69, 9.17) is 15.2 Å². The lowest BCUT2D eigenvalue weighted by Gasteiger charge is -2.21. The van der Waals surface area contributed by atoms with Crippen molar-refractivity contribution in [3.05, 3.63) is 22.8 Å². The largest absolute Gasteiger partial charge is 0.478 e. The molecule has 23 heavy (non-hydrogen) atoms. The lowest BCUT2D eigenvalue weighted by molar-refractivity contribution is -0.134. The Balaban J connectivity index is 3.55. The molecule has 0 aliphatic heterocycles. The van der Waals surface area contributed by atoms with Crippen LogP contribution in [0.15, 0.2) is 11.0 Å². The molecule has 0 unspecified atom stereocenters. The van der Waals surface area contributed by atoms with Crippen molar-refractivity contribution in [2.24, 2.45) is 0 Å². The summed E-state index contributed by atoms with van der Waals surface area (Å²) in [6.45, 7) is 5.90. The van der Waals surface area contributed by atoms with E-state index in [1.165, 1.54) is 6.07 Å². The average Bonchev–Trinajstić information content (AvgIpc) is 2.41. The maximum absolute atomic E-state index is 12.1. The topological polar surface area (TPSA) is 116 Å². The van der Waals surface area contributed by atoms with Crippen molar-refractivity contribution in [1.82, 2.24) is 0 Å². The predicted molar refractivity (Wildman–Crippen MR) is 86.4 cm³/mol. The minimum atomic E-state index is -3.63. The van der Waals surface area contributed by atoms with Gasteiger partial charge in [0.2, 0.25) is 0 Å². The number of anilines is 1. The third-order valence-electron chi connectivity index (χ3n) is 3.37.